The first-order chi connectivity index (χ1) is 13.2. The summed E-state index contributed by atoms with van der Waals surface area (Å²) < 4.78 is 41.0. The molecule has 2 heterocycles. The molecule has 0 atom stereocenters. The second-order valence-electron chi connectivity index (χ2n) is 7.03. The van der Waals surface area contributed by atoms with Gasteiger partial charge in [-0.15, -0.1) is 5.10 Å². The van der Waals surface area contributed by atoms with Crippen LogP contribution in [0.1, 0.15) is 40.6 Å². The first-order valence-corrected chi connectivity index (χ1v) is 9.01. The molecule has 0 radical (unpaired) electrons. The third-order valence-corrected chi connectivity index (χ3v) is 4.85. The molecule has 1 fully saturated rings. The van der Waals surface area contributed by atoms with Crippen LogP contribution in [0.5, 0.6) is 0 Å². The molecule has 28 heavy (non-hydrogen) atoms. The average Bonchev–Trinajstić information content (AvgIpc) is 3.03. The van der Waals surface area contributed by atoms with E-state index in [9.17, 15) is 18.0 Å². The van der Waals surface area contributed by atoms with Crippen molar-refractivity contribution < 1.29 is 18.0 Å². The van der Waals surface area contributed by atoms with Crippen molar-refractivity contribution in [2.45, 2.75) is 32.0 Å². The second kappa shape index (κ2) is 7.78. The summed E-state index contributed by atoms with van der Waals surface area (Å²) in [6.07, 6.45) is -2.74. The van der Waals surface area contributed by atoms with E-state index in [1.165, 1.54) is 6.07 Å². The lowest BCUT2D eigenvalue weighted by molar-refractivity contribution is -0.137. The Morgan fingerprint density at radius 3 is 2.57 bits per heavy atom. The number of piperidine rings is 1. The number of aromatic nitrogens is 3. The van der Waals surface area contributed by atoms with Gasteiger partial charge < -0.3 is 15.5 Å². The Morgan fingerprint density at radius 1 is 1.29 bits per heavy atom. The Morgan fingerprint density at radius 2 is 1.96 bits per heavy atom. The highest BCUT2D eigenvalue weighted by Gasteiger charge is 2.32. The van der Waals surface area contributed by atoms with Gasteiger partial charge in [0.05, 0.1) is 28.7 Å². The van der Waals surface area contributed by atoms with Crippen LogP contribution in [-0.4, -0.2) is 48.1 Å². The van der Waals surface area contributed by atoms with Gasteiger partial charge in [0.15, 0.2) is 5.69 Å². The first-order valence-electron chi connectivity index (χ1n) is 9.01. The number of carbonyl (C=O) groups excluding carboxylic acids is 1. The SMILES string of the molecule is Cc1c(C(=O)Nc2cc(C(F)(F)F)ccc2N(C)C)nnn1C1CCNCC1. The number of benzene rings is 1. The molecule has 2 aromatic rings. The van der Waals surface area contributed by atoms with Gasteiger partial charge in [-0.25, -0.2) is 4.68 Å². The number of amides is 1. The topological polar surface area (TPSA) is 75.1 Å². The number of nitrogens with one attached hydrogen (secondary N) is 2. The molecular formula is C18H23F3N6O. The van der Waals surface area contributed by atoms with Crippen molar-refractivity contribution >= 4 is 17.3 Å². The lowest BCUT2D eigenvalue weighted by atomic mass is 10.1. The Bertz CT molecular complexity index is 855. The van der Waals surface area contributed by atoms with Gasteiger partial charge in [0, 0.05) is 14.1 Å². The van der Waals surface area contributed by atoms with Crippen molar-refractivity contribution in [2.75, 3.05) is 37.4 Å². The standard InChI is InChI=1S/C18H23F3N6O/c1-11-16(24-25-27(11)13-6-8-22-9-7-13)17(28)23-14-10-12(18(19,20)21)4-5-15(14)26(2)3/h4-5,10,13,22H,6-9H2,1-3H3,(H,23,28). The molecule has 3 rings (SSSR count). The number of carbonyl (C=O) groups is 1. The third kappa shape index (κ3) is 4.11. The van der Waals surface area contributed by atoms with Crippen LogP contribution in [-0.2, 0) is 6.18 Å². The molecule has 1 saturated heterocycles. The molecule has 7 nitrogen and oxygen atoms in total. The van der Waals surface area contributed by atoms with Gasteiger partial charge >= 0.3 is 6.18 Å². The number of nitrogens with zero attached hydrogens (tertiary/aromatic N) is 4. The molecule has 1 aromatic heterocycles. The summed E-state index contributed by atoms with van der Waals surface area (Å²) in [5.41, 5.74) is 0.414. The van der Waals surface area contributed by atoms with Crippen molar-refractivity contribution in [3.05, 3.63) is 35.2 Å². The molecular weight excluding hydrogens is 373 g/mol. The minimum Gasteiger partial charge on any atom is -0.376 e. The fraction of sp³-hybridized carbons (Fsp3) is 0.500. The van der Waals surface area contributed by atoms with Gasteiger partial charge in [0.25, 0.3) is 5.91 Å². The zero-order valence-electron chi connectivity index (χ0n) is 16.0. The van der Waals surface area contributed by atoms with Gasteiger partial charge in [-0.3, -0.25) is 4.79 Å². The van der Waals surface area contributed by atoms with Crippen LogP contribution in [0.15, 0.2) is 18.2 Å². The fourth-order valence-corrected chi connectivity index (χ4v) is 3.33. The molecule has 1 aliphatic rings. The fourth-order valence-electron chi connectivity index (χ4n) is 3.33. The number of alkyl halides is 3. The summed E-state index contributed by atoms with van der Waals surface area (Å²) in [5.74, 6) is -0.583. The van der Waals surface area contributed by atoms with Gasteiger partial charge in [0.1, 0.15) is 0 Å². The molecule has 1 aliphatic heterocycles. The molecule has 1 amide bonds. The lowest BCUT2D eigenvalue weighted by Crippen LogP contribution is -2.30. The van der Waals surface area contributed by atoms with Crippen molar-refractivity contribution in [2.24, 2.45) is 0 Å². The third-order valence-electron chi connectivity index (χ3n) is 4.85. The molecule has 0 spiro atoms. The molecule has 152 valence electrons. The van der Waals surface area contributed by atoms with E-state index in [-0.39, 0.29) is 17.4 Å². The van der Waals surface area contributed by atoms with Gasteiger partial charge in [-0.1, -0.05) is 5.21 Å². The van der Waals surface area contributed by atoms with E-state index in [4.69, 9.17) is 0 Å². The van der Waals surface area contributed by atoms with Crippen LogP contribution in [0.4, 0.5) is 24.5 Å². The molecule has 0 aliphatic carbocycles. The summed E-state index contributed by atoms with van der Waals surface area (Å²) in [6.45, 7) is 3.47. The maximum atomic E-state index is 13.1. The normalized spacial score (nSPS) is 15.5. The summed E-state index contributed by atoms with van der Waals surface area (Å²) >= 11 is 0. The average molecular weight is 396 g/mol. The van der Waals surface area contributed by atoms with Crippen LogP contribution < -0.4 is 15.5 Å². The van der Waals surface area contributed by atoms with E-state index in [0.29, 0.717) is 11.4 Å². The van der Waals surface area contributed by atoms with E-state index < -0.39 is 17.6 Å². The Hall–Kier alpha value is -2.62. The number of halogens is 3. The summed E-state index contributed by atoms with van der Waals surface area (Å²) in [6, 6.07) is 3.40. The Balaban J connectivity index is 1.87. The van der Waals surface area contributed by atoms with E-state index in [1.807, 2.05) is 0 Å². The van der Waals surface area contributed by atoms with E-state index in [0.717, 1.165) is 38.1 Å². The van der Waals surface area contributed by atoms with Crippen LogP contribution in [0.25, 0.3) is 0 Å². The molecule has 0 saturated carbocycles. The largest absolute Gasteiger partial charge is 0.416 e. The van der Waals surface area contributed by atoms with Crippen molar-refractivity contribution in [1.29, 1.82) is 0 Å². The summed E-state index contributed by atoms with van der Waals surface area (Å²) in [4.78, 5) is 14.4. The van der Waals surface area contributed by atoms with E-state index >= 15 is 0 Å². The minimum atomic E-state index is -4.50. The first kappa shape index (κ1) is 20.1. The second-order valence-corrected chi connectivity index (χ2v) is 7.03. The van der Waals surface area contributed by atoms with E-state index in [1.54, 1.807) is 30.6 Å². The highest BCUT2D eigenvalue weighted by molar-refractivity contribution is 6.05. The maximum absolute atomic E-state index is 13.1. The number of anilines is 2. The monoisotopic (exact) mass is 396 g/mol. The molecule has 0 unspecified atom stereocenters. The molecule has 1 aromatic carbocycles. The zero-order chi connectivity index (χ0) is 20.5. The molecule has 10 heteroatoms. The summed E-state index contributed by atoms with van der Waals surface area (Å²) in [7, 11) is 3.38. The number of hydrogen-bond acceptors (Lipinski definition) is 5. The van der Waals surface area contributed by atoms with Crippen LogP contribution in [0, 0.1) is 6.92 Å². The van der Waals surface area contributed by atoms with Crippen molar-refractivity contribution in [1.82, 2.24) is 20.3 Å². The highest BCUT2D eigenvalue weighted by Crippen LogP contribution is 2.35. The maximum Gasteiger partial charge on any atom is 0.416 e. The zero-order valence-corrected chi connectivity index (χ0v) is 16.0. The summed E-state index contributed by atoms with van der Waals surface area (Å²) in [5, 5.41) is 13.9. The minimum absolute atomic E-state index is 0.0700. The van der Waals surface area contributed by atoms with Crippen molar-refractivity contribution in [3.8, 4) is 0 Å². The quantitative estimate of drug-likeness (QED) is 0.831. The van der Waals surface area contributed by atoms with Crippen LogP contribution >= 0.6 is 0 Å². The highest BCUT2D eigenvalue weighted by atomic mass is 19.4. The predicted octanol–water partition coefficient (Wildman–Crippen LogP) is 2.85. The van der Waals surface area contributed by atoms with Gasteiger partial charge in [-0.05, 0) is 51.1 Å². The van der Waals surface area contributed by atoms with Crippen LogP contribution in [0.3, 0.4) is 0 Å². The number of hydrogen-bond donors (Lipinski definition) is 2. The van der Waals surface area contributed by atoms with Gasteiger partial charge in [-0.2, -0.15) is 13.2 Å². The van der Waals surface area contributed by atoms with E-state index in [2.05, 4.69) is 20.9 Å². The van der Waals surface area contributed by atoms with Gasteiger partial charge in [0.2, 0.25) is 0 Å². The molecule has 0 bridgehead atoms. The Kier molecular flexibility index (Phi) is 5.59. The smallest absolute Gasteiger partial charge is 0.376 e. The predicted molar refractivity (Wildman–Crippen MR) is 99.6 cm³/mol. The number of rotatable bonds is 4. The van der Waals surface area contributed by atoms with Crippen LogP contribution in [0.2, 0.25) is 0 Å². The molecule has 2 N–H and O–H groups in total. The lowest BCUT2D eigenvalue weighted by Gasteiger charge is -2.23. The Labute approximate surface area is 160 Å². The van der Waals surface area contributed by atoms with Crippen molar-refractivity contribution in [3.63, 3.8) is 0 Å².